The predicted molar refractivity (Wildman–Crippen MR) is 120 cm³/mol. The minimum Gasteiger partial charge on any atom is -0.361 e. The van der Waals surface area contributed by atoms with Crippen molar-refractivity contribution < 1.29 is 4.52 Å². The molecule has 1 atom stereocenters. The molecule has 2 rings (SSSR count). The molecular formula is C19H33IN6O. The Labute approximate surface area is 179 Å². The Balaban J connectivity index is 0.00000364. The van der Waals surface area contributed by atoms with Gasteiger partial charge in [-0.05, 0) is 19.8 Å². The first kappa shape index (κ1) is 23.5. The zero-order valence-corrected chi connectivity index (χ0v) is 20.0. The maximum Gasteiger partial charge on any atom is 0.193 e. The van der Waals surface area contributed by atoms with E-state index in [1.54, 1.807) is 0 Å². The average molecular weight is 488 g/mol. The van der Waals surface area contributed by atoms with Gasteiger partial charge >= 0.3 is 0 Å². The minimum absolute atomic E-state index is 0. The maximum absolute atomic E-state index is 5.29. The van der Waals surface area contributed by atoms with Crippen molar-refractivity contribution in [1.82, 2.24) is 25.2 Å². The molecule has 0 saturated carbocycles. The molecule has 0 saturated heterocycles. The molecule has 0 fully saturated rings. The second-order valence-electron chi connectivity index (χ2n) is 7.29. The Morgan fingerprint density at radius 3 is 2.52 bits per heavy atom. The topological polar surface area (TPSA) is 71.5 Å². The van der Waals surface area contributed by atoms with Crippen LogP contribution in [0.2, 0.25) is 0 Å². The first-order valence-electron chi connectivity index (χ1n) is 9.11. The summed E-state index contributed by atoms with van der Waals surface area (Å²) < 4.78 is 7.17. The first-order chi connectivity index (χ1) is 12.2. The summed E-state index contributed by atoms with van der Waals surface area (Å²) in [5.41, 5.74) is 4.49. The van der Waals surface area contributed by atoms with Gasteiger partial charge in [-0.3, -0.25) is 9.67 Å². The monoisotopic (exact) mass is 488 g/mol. The Hall–Kier alpha value is -1.58. The Morgan fingerprint density at radius 2 is 2.00 bits per heavy atom. The lowest BCUT2D eigenvalue weighted by atomic mass is 10.00. The largest absolute Gasteiger partial charge is 0.361 e. The van der Waals surface area contributed by atoms with E-state index in [9.17, 15) is 0 Å². The molecule has 2 aromatic heterocycles. The van der Waals surface area contributed by atoms with Crippen LogP contribution in [0, 0.1) is 13.8 Å². The molecule has 2 aromatic rings. The zero-order chi connectivity index (χ0) is 19.4. The van der Waals surface area contributed by atoms with E-state index < -0.39 is 0 Å². The number of hydrogen-bond donors (Lipinski definition) is 1. The Bertz CT molecular complexity index is 745. The molecule has 0 aliphatic heterocycles. The Kier molecular flexibility index (Phi) is 8.77. The number of hydrogen-bond acceptors (Lipinski definition) is 4. The summed E-state index contributed by atoms with van der Waals surface area (Å²) in [6.45, 7) is 12.0. The number of nitrogens with one attached hydrogen (secondary N) is 1. The SMILES string of the molecule is CN=C(NCC(C)c1c(C)noc1C)N(C)Cc1cn(C)nc1C(C)C.I. The number of nitrogens with zero attached hydrogens (tertiary/aromatic N) is 5. The molecule has 0 spiro atoms. The lowest BCUT2D eigenvalue weighted by Gasteiger charge is -2.24. The molecule has 1 N–H and O–H groups in total. The van der Waals surface area contributed by atoms with Gasteiger partial charge in [0, 0.05) is 57.5 Å². The Morgan fingerprint density at radius 1 is 1.33 bits per heavy atom. The highest BCUT2D eigenvalue weighted by Gasteiger charge is 2.18. The third-order valence-electron chi connectivity index (χ3n) is 4.61. The summed E-state index contributed by atoms with van der Waals surface area (Å²) in [7, 11) is 5.83. The fourth-order valence-corrected chi connectivity index (χ4v) is 3.42. The van der Waals surface area contributed by atoms with Crippen molar-refractivity contribution in [2.24, 2.45) is 12.0 Å². The van der Waals surface area contributed by atoms with Gasteiger partial charge in [0.25, 0.3) is 0 Å². The molecule has 152 valence electrons. The highest BCUT2D eigenvalue weighted by Crippen LogP contribution is 2.22. The normalized spacial score (nSPS) is 12.9. The molecule has 27 heavy (non-hydrogen) atoms. The number of aryl methyl sites for hydroxylation is 3. The molecule has 2 heterocycles. The van der Waals surface area contributed by atoms with Crippen molar-refractivity contribution >= 4 is 29.9 Å². The second-order valence-corrected chi connectivity index (χ2v) is 7.29. The van der Waals surface area contributed by atoms with Crippen molar-refractivity contribution in [3.8, 4) is 0 Å². The first-order valence-corrected chi connectivity index (χ1v) is 9.11. The van der Waals surface area contributed by atoms with E-state index in [1.807, 2.05) is 39.7 Å². The summed E-state index contributed by atoms with van der Waals surface area (Å²) in [6.07, 6.45) is 2.09. The number of guanidine groups is 1. The molecule has 0 amide bonds. The molecule has 0 radical (unpaired) electrons. The summed E-state index contributed by atoms with van der Waals surface area (Å²) in [5.74, 6) is 2.43. The average Bonchev–Trinajstić information content (AvgIpc) is 3.10. The van der Waals surface area contributed by atoms with Crippen LogP contribution in [0.5, 0.6) is 0 Å². The van der Waals surface area contributed by atoms with Crippen LogP contribution >= 0.6 is 24.0 Å². The van der Waals surface area contributed by atoms with E-state index in [2.05, 4.69) is 52.4 Å². The van der Waals surface area contributed by atoms with Gasteiger partial charge in [0.2, 0.25) is 0 Å². The van der Waals surface area contributed by atoms with Gasteiger partial charge in [-0.1, -0.05) is 25.9 Å². The van der Waals surface area contributed by atoms with Crippen LogP contribution in [0.3, 0.4) is 0 Å². The summed E-state index contributed by atoms with van der Waals surface area (Å²) >= 11 is 0. The quantitative estimate of drug-likeness (QED) is 0.383. The number of halogens is 1. The number of aliphatic imine (C=N–C) groups is 1. The van der Waals surface area contributed by atoms with Crippen LogP contribution in [0.25, 0.3) is 0 Å². The van der Waals surface area contributed by atoms with Gasteiger partial charge < -0.3 is 14.7 Å². The van der Waals surface area contributed by atoms with E-state index in [4.69, 9.17) is 4.52 Å². The number of aromatic nitrogens is 3. The van der Waals surface area contributed by atoms with Crippen LogP contribution in [-0.2, 0) is 13.6 Å². The fraction of sp³-hybridized carbons (Fsp3) is 0.632. The summed E-state index contributed by atoms with van der Waals surface area (Å²) in [6, 6.07) is 0. The van der Waals surface area contributed by atoms with Crippen molar-refractivity contribution in [3.05, 3.63) is 34.5 Å². The number of rotatable bonds is 6. The van der Waals surface area contributed by atoms with Crippen LogP contribution < -0.4 is 5.32 Å². The van der Waals surface area contributed by atoms with Crippen LogP contribution in [0.1, 0.15) is 60.9 Å². The van der Waals surface area contributed by atoms with Gasteiger partial charge in [0.05, 0.1) is 11.4 Å². The van der Waals surface area contributed by atoms with Gasteiger partial charge in [-0.2, -0.15) is 5.10 Å². The van der Waals surface area contributed by atoms with Crippen molar-refractivity contribution in [3.63, 3.8) is 0 Å². The molecule has 0 aromatic carbocycles. The van der Waals surface area contributed by atoms with E-state index >= 15 is 0 Å². The molecule has 0 bridgehead atoms. The van der Waals surface area contributed by atoms with E-state index in [0.29, 0.717) is 5.92 Å². The smallest absolute Gasteiger partial charge is 0.193 e. The van der Waals surface area contributed by atoms with Crippen molar-refractivity contribution in [2.45, 2.75) is 53.0 Å². The molecular weight excluding hydrogens is 455 g/mol. The third kappa shape index (κ3) is 5.70. The molecule has 8 heteroatoms. The molecule has 0 aliphatic carbocycles. The van der Waals surface area contributed by atoms with Crippen LogP contribution in [-0.4, -0.2) is 46.4 Å². The van der Waals surface area contributed by atoms with E-state index in [0.717, 1.165) is 36.2 Å². The second kappa shape index (κ2) is 10.1. The lowest BCUT2D eigenvalue weighted by Crippen LogP contribution is -2.40. The van der Waals surface area contributed by atoms with Crippen molar-refractivity contribution in [2.75, 3.05) is 20.6 Å². The summed E-state index contributed by atoms with van der Waals surface area (Å²) in [5, 5.41) is 12.1. The molecule has 7 nitrogen and oxygen atoms in total. The molecule has 1 unspecified atom stereocenters. The van der Waals surface area contributed by atoms with Gasteiger partial charge in [-0.15, -0.1) is 24.0 Å². The fourth-order valence-electron chi connectivity index (χ4n) is 3.42. The van der Waals surface area contributed by atoms with Crippen molar-refractivity contribution in [1.29, 1.82) is 0 Å². The lowest BCUT2D eigenvalue weighted by molar-refractivity contribution is 0.391. The molecule has 0 aliphatic rings. The van der Waals surface area contributed by atoms with E-state index in [-0.39, 0.29) is 29.9 Å². The maximum atomic E-state index is 5.29. The van der Waals surface area contributed by atoms with Gasteiger partial charge in [-0.25, -0.2) is 0 Å². The van der Waals surface area contributed by atoms with Crippen LogP contribution in [0.4, 0.5) is 0 Å². The highest BCUT2D eigenvalue weighted by atomic mass is 127. The summed E-state index contributed by atoms with van der Waals surface area (Å²) in [4.78, 5) is 6.56. The predicted octanol–water partition coefficient (Wildman–Crippen LogP) is 3.58. The zero-order valence-electron chi connectivity index (χ0n) is 17.7. The minimum atomic E-state index is 0. The van der Waals surface area contributed by atoms with Crippen LogP contribution in [0.15, 0.2) is 15.7 Å². The van der Waals surface area contributed by atoms with Gasteiger partial charge in [0.15, 0.2) is 5.96 Å². The standard InChI is InChI=1S/C19H32N6O.HI/c1-12(2)18-16(11-25(8)22-18)10-24(7)19(20-6)21-9-13(3)17-14(4)23-26-15(17)5;/h11-13H,9-10H2,1-8H3,(H,20,21);1H. The highest BCUT2D eigenvalue weighted by molar-refractivity contribution is 14.0. The van der Waals surface area contributed by atoms with Gasteiger partial charge in [0.1, 0.15) is 5.76 Å². The third-order valence-corrected chi connectivity index (χ3v) is 4.61. The van der Waals surface area contributed by atoms with E-state index in [1.165, 1.54) is 11.1 Å².